The first kappa shape index (κ1) is 15.6. The molecule has 0 amide bonds. The highest BCUT2D eigenvalue weighted by Crippen LogP contribution is 2.54. The maximum Gasteiger partial charge on any atom is 0.231 e. The van der Waals surface area contributed by atoms with Gasteiger partial charge in [0.2, 0.25) is 13.6 Å². The van der Waals surface area contributed by atoms with Crippen molar-refractivity contribution in [3.8, 4) is 23.0 Å². The molecule has 4 aliphatic rings. The van der Waals surface area contributed by atoms with E-state index in [1.165, 1.54) is 0 Å². The van der Waals surface area contributed by atoms with Crippen molar-refractivity contribution in [2.45, 2.75) is 17.8 Å². The number of aliphatic hydroxyl groups is 1. The third kappa shape index (κ3) is 2.19. The van der Waals surface area contributed by atoms with Gasteiger partial charge in [0, 0.05) is 5.92 Å². The van der Waals surface area contributed by atoms with E-state index in [1.54, 1.807) is 0 Å². The number of benzene rings is 2. The Bertz CT molecular complexity index is 913. The molecule has 2 aromatic rings. The molecule has 2 fully saturated rings. The van der Waals surface area contributed by atoms with Crippen LogP contribution in [0.1, 0.15) is 23.3 Å². The SMILES string of the molecule is OC12COC(c3ccc4c(c3)OCO4)C1COC2c1ccc2c(c1)OCO2. The molecular weight excluding hydrogens is 352 g/mol. The Morgan fingerprint density at radius 3 is 2.15 bits per heavy atom. The third-order valence-corrected chi connectivity index (χ3v) is 5.82. The van der Waals surface area contributed by atoms with Gasteiger partial charge in [0.15, 0.2) is 23.0 Å². The van der Waals surface area contributed by atoms with Gasteiger partial charge in [0.25, 0.3) is 0 Å². The fraction of sp³-hybridized carbons (Fsp3) is 0.400. The van der Waals surface area contributed by atoms with Crippen LogP contribution in [0.5, 0.6) is 23.0 Å². The second-order valence-corrected chi connectivity index (χ2v) is 7.27. The van der Waals surface area contributed by atoms with Crippen molar-refractivity contribution < 1.29 is 33.5 Å². The van der Waals surface area contributed by atoms with Crippen molar-refractivity contribution in [1.82, 2.24) is 0 Å². The molecule has 0 aliphatic carbocycles. The van der Waals surface area contributed by atoms with Gasteiger partial charge in [0.05, 0.1) is 19.3 Å². The van der Waals surface area contributed by atoms with Crippen molar-refractivity contribution in [2.24, 2.45) is 5.92 Å². The highest BCUT2D eigenvalue weighted by molar-refractivity contribution is 5.47. The first-order valence-corrected chi connectivity index (χ1v) is 8.97. The quantitative estimate of drug-likeness (QED) is 0.870. The van der Waals surface area contributed by atoms with E-state index in [0.29, 0.717) is 23.9 Å². The molecule has 0 saturated carbocycles. The van der Waals surface area contributed by atoms with Gasteiger partial charge < -0.3 is 33.5 Å². The minimum atomic E-state index is -1.10. The average molecular weight is 370 g/mol. The largest absolute Gasteiger partial charge is 0.454 e. The zero-order valence-corrected chi connectivity index (χ0v) is 14.4. The van der Waals surface area contributed by atoms with Crippen molar-refractivity contribution in [3.05, 3.63) is 47.5 Å². The van der Waals surface area contributed by atoms with E-state index in [9.17, 15) is 5.11 Å². The molecule has 27 heavy (non-hydrogen) atoms. The van der Waals surface area contributed by atoms with E-state index in [1.807, 2.05) is 36.4 Å². The summed E-state index contributed by atoms with van der Waals surface area (Å²) < 4.78 is 33.7. The van der Waals surface area contributed by atoms with Crippen LogP contribution >= 0.6 is 0 Å². The molecule has 2 aromatic carbocycles. The van der Waals surface area contributed by atoms with Crippen LogP contribution in [0.4, 0.5) is 0 Å². The summed E-state index contributed by atoms with van der Waals surface area (Å²) in [7, 11) is 0. The molecule has 0 spiro atoms. The van der Waals surface area contributed by atoms with Crippen LogP contribution in [0, 0.1) is 5.92 Å². The lowest BCUT2D eigenvalue weighted by Crippen LogP contribution is -2.39. The molecule has 4 aliphatic heterocycles. The Labute approximate surface area is 155 Å². The standard InChI is InChI=1S/C20H18O7/c21-20-8-23-18(11-1-3-14-16(5-11)26-9-24-14)13(20)7-22-19(20)12-2-4-15-17(6-12)27-10-25-15/h1-6,13,18-19,21H,7-10H2. The van der Waals surface area contributed by atoms with Crippen LogP contribution in [0.2, 0.25) is 0 Å². The van der Waals surface area contributed by atoms with E-state index in [-0.39, 0.29) is 32.2 Å². The molecule has 2 saturated heterocycles. The third-order valence-electron chi connectivity index (χ3n) is 5.82. The lowest BCUT2D eigenvalue weighted by molar-refractivity contribution is -0.0628. The predicted octanol–water partition coefficient (Wildman–Crippen LogP) is 2.33. The molecule has 140 valence electrons. The van der Waals surface area contributed by atoms with Crippen LogP contribution in [-0.2, 0) is 9.47 Å². The van der Waals surface area contributed by atoms with Crippen molar-refractivity contribution in [1.29, 1.82) is 0 Å². The molecule has 1 N–H and O–H groups in total. The molecular formula is C20H18O7. The zero-order chi connectivity index (χ0) is 18.0. The molecule has 0 aromatic heterocycles. The number of ether oxygens (including phenoxy) is 6. The molecule has 4 heterocycles. The number of rotatable bonds is 2. The van der Waals surface area contributed by atoms with E-state index < -0.39 is 11.7 Å². The van der Waals surface area contributed by atoms with E-state index in [0.717, 1.165) is 16.9 Å². The van der Waals surface area contributed by atoms with Gasteiger partial charge in [-0.1, -0.05) is 12.1 Å². The predicted molar refractivity (Wildman–Crippen MR) is 91.0 cm³/mol. The summed E-state index contributed by atoms with van der Waals surface area (Å²) in [5.41, 5.74) is 0.712. The molecule has 4 atom stereocenters. The molecule has 6 rings (SSSR count). The van der Waals surface area contributed by atoms with Crippen LogP contribution in [0.3, 0.4) is 0 Å². The summed E-state index contributed by atoms with van der Waals surface area (Å²) in [6, 6.07) is 11.4. The number of hydrogen-bond donors (Lipinski definition) is 1. The fourth-order valence-corrected chi connectivity index (χ4v) is 4.43. The van der Waals surface area contributed by atoms with E-state index in [4.69, 9.17) is 28.4 Å². The van der Waals surface area contributed by atoms with Crippen LogP contribution < -0.4 is 18.9 Å². The monoisotopic (exact) mass is 370 g/mol. The van der Waals surface area contributed by atoms with Crippen molar-refractivity contribution in [3.63, 3.8) is 0 Å². The minimum Gasteiger partial charge on any atom is -0.454 e. The zero-order valence-electron chi connectivity index (χ0n) is 14.4. The highest BCUT2D eigenvalue weighted by atomic mass is 16.7. The van der Waals surface area contributed by atoms with Crippen molar-refractivity contribution >= 4 is 0 Å². The van der Waals surface area contributed by atoms with Crippen LogP contribution in [0.25, 0.3) is 0 Å². The van der Waals surface area contributed by atoms with Crippen LogP contribution in [0.15, 0.2) is 36.4 Å². The minimum absolute atomic E-state index is 0.173. The summed E-state index contributed by atoms with van der Waals surface area (Å²) in [6.07, 6.45) is -0.737. The molecule has 7 nitrogen and oxygen atoms in total. The maximum absolute atomic E-state index is 11.4. The first-order valence-electron chi connectivity index (χ1n) is 8.97. The summed E-state index contributed by atoms with van der Waals surface area (Å²) in [6.45, 7) is 1.06. The summed E-state index contributed by atoms with van der Waals surface area (Å²) in [5.74, 6) is 2.65. The molecule has 0 bridgehead atoms. The second kappa shape index (κ2) is 5.51. The maximum atomic E-state index is 11.4. The van der Waals surface area contributed by atoms with Gasteiger partial charge in [0.1, 0.15) is 11.7 Å². The number of hydrogen-bond acceptors (Lipinski definition) is 7. The average Bonchev–Trinajstić information content (AvgIpc) is 3.43. The summed E-state index contributed by atoms with van der Waals surface area (Å²) in [5, 5.41) is 11.4. The van der Waals surface area contributed by atoms with Gasteiger partial charge in [-0.05, 0) is 35.4 Å². The molecule has 7 heteroatoms. The topological polar surface area (TPSA) is 75.6 Å². The first-order chi connectivity index (χ1) is 13.2. The van der Waals surface area contributed by atoms with E-state index >= 15 is 0 Å². The lowest BCUT2D eigenvalue weighted by atomic mass is 9.81. The lowest BCUT2D eigenvalue weighted by Gasteiger charge is -2.27. The summed E-state index contributed by atoms with van der Waals surface area (Å²) >= 11 is 0. The Kier molecular flexibility index (Phi) is 3.18. The Morgan fingerprint density at radius 1 is 0.778 bits per heavy atom. The summed E-state index contributed by atoms with van der Waals surface area (Å²) in [4.78, 5) is 0. The van der Waals surface area contributed by atoms with Gasteiger partial charge in [-0.3, -0.25) is 0 Å². The van der Waals surface area contributed by atoms with Gasteiger partial charge in [-0.25, -0.2) is 0 Å². The van der Waals surface area contributed by atoms with E-state index in [2.05, 4.69) is 0 Å². The van der Waals surface area contributed by atoms with Gasteiger partial charge in [-0.15, -0.1) is 0 Å². The Hall–Kier alpha value is -2.48. The molecule has 4 unspecified atom stereocenters. The second-order valence-electron chi connectivity index (χ2n) is 7.27. The Morgan fingerprint density at radius 2 is 1.41 bits per heavy atom. The Balaban J connectivity index is 1.31. The highest BCUT2D eigenvalue weighted by Gasteiger charge is 2.59. The van der Waals surface area contributed by atoms with Gasteiger partial charge >= 0.3 is 0 Å². The van der Waals surface area contributed by atoms with Crippen LogP contribution in [-0.4, -0.2) is 37.5 Å². The normalized spacial score (nSPS) is 32.7. The van der Waals surface area contributed by atoms with Gasteiger partial charge in [-0.2, -0.15) is 0 Å². The smallest absolute Gasteiger partial charge is 0.231 e. The fourth-order valence-electron chi connectivity index (χ4n) is 4.43. The molecule has 0 radical (unpaired) electrons. The van der Waals surface area contributed by atoms with Crippen molar-refractivity contribution in [2.75, 3.05) is 26.8 Å². The number of fused-ring (bicyclic) bond motifs is 3.